The first-order valence-corrected chi connectivity index (χ1v) is 18.7. The van der Waals surface area contributed by atoms with E-state index in [1.54, 1.807) is 0 Å². The third kappa shape index (κ3) is 11.3. The first-order chi connectivity index (χ1) is 28.0. The van der Waals surface area contributed by atoms with Gasteiger partial charge in [0.1, 0.15) is 24.4 Å². The number of carbonyl (C=O) groups excluding carboxylic acids is 3. The summed E-state index contributed by atoms with van der Waals surface area (Å²) in [5.74, 6) is -2.10. The summed E-state index contributed by atoms with van der Waals surface area (Å²) in [5, 5.41) is 0. The van der Waals surface area contributed by atoms with Gasteiger partial charge in [-0.15, -0.1) is 0 Å². The maximum Gasteiger partial charge on any atom is 0.330 e. The van der Waals surface area contributed by atoms with Gasteiger partial charge in [-0.05, 0) is 16.7 Å². The van der Waals surface area contributed by atoms with Crippen LogP contribution in [-0.2, 0) is 76.8 Å². The molecular weight excluding hydrogens is 756 g/mol. The number of aromatic amines is 1. The van der Waals surface area contributed by atoms with Crippen molar-refractivity contribution in [2.24, 2.45) is 0 Å². The number of rotatable bonds is 17. The van der Waals surface area contributed by atoms with Gasteiger partial charge in [-0.25, -0.2) is 4.79 Å². The second-order valence-corrected chi connectivity index (χ2v) is 13.7. The molecule has 4 aromatic rings. The number of hydrogen-bond acceptors (Lipinski definition) is 14. The molecule has 3 heterocycles. The van der Waals surface area contributed by atoms with Crippen molar-refractivity contribution in [2.75, 3.05) is 13.2 Å². The van der Waals surface area contributed by atoms with E-state index in [4.69, 9.17) is 42.6 Å². The van der Waals surface area contributed by atoms with E-state index < -0.39 is 84.4 Å². The van der Waals surface area contributed by atoms with Crippen LogP contribution in [0.25, 0.3) is 0 Å². The van der Waals surface area contributed by atoms with E-state index in [1.165, 1.54) is 27.0 Å². The van der Waals surface area contributed by atoms with E-state index in [-0.39, 0.29) is 33.0 Å². The number of nitrogens with zero attached hydrogens (tertiary/aromatic N) is 1. The van der Waals surface area contributed by atoms with Gasteiger partial charge in [0.05, 0.1) is 33.0 Å². The number of carbonyl (C=O) groups is 3. The third-order valence-electron chi connectivity index (χ3n) is 9.27. The Morgan fingerprint density at radius 1 is 0.586 bits per heavy atom. The number of H-pyrrole nitrogens is 1. The summed E-state index contributed by atoms with van der Waals surface area (Å²) >= 11 is 0. The van der Waals surface area contributed by atoms with Gasteiger partial charge in [-0.2, -0.15) is 0 Å². The average molecular weight is 803 g/mol. The van der Waals surface area contributed by atoms with E-state index in [0.29, 0.717) is 0 Å². The Labute approximate surface area is 333 Å². The third-order valence-corrected chi connectivity index (χ3v) is 9.27. The molecule has 0 amide bonds. The van der Waals surface area contributed by atoms with Crippen LogP contribution in [0, 0.1) is 0 Å². The normalized spacial score (nSPS) is 25.5. The fourth-order valence-electron chi connectivity index (χ4n) is 6.79. The molecule has 0 radical (unpaired) electrons. The molecule has 2 aliphatic rings. The van der Waals surface area contributed by atoms with Crippen LogP contribution in [-0.4, -0.2) is 89.7 Å². The predicted octanol–water partition coefficient (Wildman–Crippen LogP) is 3.36. The van der Waals surface area contributed by atoms with Crippen LogP contribution in [0.2, 0.25) is 0 Å². The minimum absolute atomic E-state index is 0.0119. The van der Waals surface area contributed by atoms with Gasteiger partial charge in [0, 0.05) is 33.0 Å². The Balaban J connectivity index is 1.38. The molecular formula is C42H46N2O14. The molecule has 2 saturated heterocycles. The van der Waals surface area contributed by atoms with Crippen molar-refractivity contribution < 1.29 is 57.0 Å². The van der Waals surface area contributed by atoms with E-state index >= 15 is 0 Å². The van der Waals surface area contributed by atoms with Crippen molar-refractivity contribution >= 4 is 17.9 Å². The molecule has 0 spiro atoms. The molecule has 1 aromatic heterocycles. The van der Waals surface area contributed by atoms with E-state index in [2.05, 4.69) is 4.98 Å². The smallest absolute Gasteiger partial charge is 0.330 e. The Kier molecular flexibility index (Phi) is 14.7. The lowest BCUT2D eigenvalue weighted by Gasteiger charge is -2.45. The maximum atomic E-state index is 13.1. The van der Waals surface area contributed by atoms with Crippen molar-refractivity contribution in [3.63, 3.8) is 0 Å². The highest BCUT2D eigenvalue weighted by atomic mass is 16.8. The summed E-state index contributed by atoms with van der Waals surface area (Å²) in [4.78, 5) is 65.4. The van der Waals surface area contributed by atoms with Crippen LogP contribution < -0.4 is 11.2 Å². The average Bonchev–Trinajstić information content (AvgIpc) is 3.51. The van der Waals surface area contributed by atoms with Crippen LogP contribution in [0.3, 0.4) is 0 Å². The summed E-state index contributed by atoms with van der Waals surface area (Å²) < 4.78 is 56.8. The highest BCUT2D eigenvalue weighted by Crippen LogP contribution is 2.38. The minimum atomic E-state index is -1.43. The van der Waals surface area contributed by atoms with Crippen molar-refractivity contribution in [2.45, 2.75) is 95.8 Å². The topological polar surface area (TPSA) is 189 Å². The van der Waals surface area contributed by atoms with E-state index in [0.717, 1.165) is 27.3 Å². The van der Waals surface area contributed by atoms with Crippen LogP contribution in [0.5, 0.6) is 0 Å². The van der Waals surface area contributed by atoms with Crippen LogP contribution >= 0.6 is 0 Å². The molecule has 16 heteroatoms. The van der Waals surface area contributed by atoms with Gasteiger partial charge in [0.25, 0.3) is 5.56 Å². The molecule has 0 unspecified atom stereocenters. The molecule has 0 aliphatic carbocycles. The van der Waals surface area contributed by atoms with Crippen LogP contribution in [0.15, 0.2) is 113 Å². The Morgan fingerprint density at radius 2 is 1.07 bits per heavy atom. The zero-order valence-electron chi connectivity index (χ0n) is 32.2. The largest absolute Gasteiger partial charge is 0.456 e. The molecule has 0 saturated carbocycles. The summed E-state index contributed by atoms with van der Waals surface area (Å²) in [7, 11) is 0. The predicted molar refractivity (Wildman–Crippen MR) is 203 cm³/mol. The number of aromatic nitrogens is 2. The zero-order valence-corrected chi connectivity index (χ0v) is 32.2. The summed E-state index contributed by atoms with van der Waals surface area (Å²) in [6.45, 7) is 3.68. The van der Waals surface area contributed by atoms with Crippen molar-refractivity contribution in [3.8, 4) is 0 Å². The zero-order chi connectivity index (χ0) is 41.0. The van der Waals surface area contributed by atoms with Gasteiger partial charge in [0.15, 0.2) is 30.8 Å². The Hall–Kier alpha value is -5.49. The number of benzene rings is 3. The lowest BCUT2D eigenvalue weighted by molar-refractivity contribution is -0.331. The van der Waals surface area contributed by atoms with Gasteiger partial charge in [-0.3, -0.25) is 28.7 Å². The first-order valence-electron chi connectivity index (χ1n) is 18.7. The lowest BCUT2D eigenvalue weighted by atomic mass is 9.97. The first kappa shape index (κ1) is 42.1. The van der Waals surface area contributed by atoms with Gasteiger partial charge in [0.2, 0.25) is 0 Å². The summed E-state index contributed by atoms with van der Waals surface area (Å²) in [6, 6.07) is 29.0. The van der Waals surface area contributed by atoms with Crippen molar-refractivity contribution in [1.82, 2.24) is 9.55 Å². The van der Waals surface area contributed by atoms with Gasteiger partial charge in [-0.1, -0.05) is 91.0 Å². The van der Waals surface area contributed by atoms with Crippen molar-refractivity contribution in [3.05, 3.63) is 141 Å². The van der Waals surface area contributed by atoms with Gasteiger partial charge < -0.3 is 42.6 Å². The Bertz CT molecular complexity index is 2060. The fraction of sp³-hybridized carbons (Fsp3) is 0.405. The quantitative estimate of drug-likeness (QED) is 0.121. The molecule has 6 rings (SSSR count). The van der Waals surface area contributed by atoms with Crippen LogP contribution in [0.4, 0.5) is 0 Å². The molecule has 308 valence electrons. The standard InChI is InChI=1S/C42H46N2O14/c1-26(45)53-35-33(25-51-22-30-15-9-5-10-16-30)57-41(39(37(35)54-27(2)46)52-23-31-17-11-6-12-18-31)58-36-32(24-50-21-29-13-7-4-8-14-29)56-40(38(36)55-28(3)47)44-20-19-34(48)43-42(44)49/h4-20,32-33,35-41H,21-25H2,1-3H3,(H,43,48,49)/t32-,33-,35-,36-,37+,38-,39-,40-,41-/m1/s1. The molecule has 58 heavy (non-hydrogen) atoms. The van der Waals surface area contributed by atoms with Crippen molar-refractivity contribution in [1.29, 1.82) is 0 Å². The molecule has 2 fully saturated rings. The molecule has 1 N–H and O–H groups in total. The van der Waals surface area contributed by atoms with E-state index in [9.17, 15) is 24.0 Å². The highest BCUT2D eigenvalue weighted by Gasteiger charge is 2.56. The summed E-state index contributed by atoms with van der Waals surface area (Å²) in [5.41, 5.74) is 1.02. The fourth-order valence-corrected chi connectivity index (χ4v) is 6.79. The molecule has 2 aliphatic heterocycles. The maximum absolute atomic E-state index is 13.1. The number of hydrogen-bond donors (Lipinski definition) is 1. The minimum Gasteiger partial charge on any atom is -0.456 e. The molecule has 9 atom stereocenters. The van der Waals surface area contributed by atoms with Gasteiger partial charge >= 0.3 is 23.6 Å². The lowest BCUT2D eigenvalue weighted by Crippen LogP contribution is -2.63. The second kappa shape index (κ2) is 20.3. The summed E-state index contributed by atoms with van der Waals surface area (Å²) in [6.07, 6.45) is -9.97. The molecule has 0 bridgehead atoms. The number of ether oxygens (including phenoxy) is 9. The monoisotopic (exact) mass is 802 g/mol. The van der Waals surface area contributed by atoms with Crippen LogP contribution in [0.1, 0.15) is 43.7 Å². The number of esters is 3. The van der Waals surface area contributed by atoms with E-state index in [1.807, 2.05) is 91.0 Å². The SMILES string of the molecule is CC(=O)O[C@@H]1[C@@H](OCc2ccccc2)[C@@H](O[C@H]2[C@@H](OC(C)=O)[C@H](n3ccc(=O)[nH]c3=O)O[C@@H]2COCc2ccccc2)O[C@H](COCc2ccccc2)[C@H]1OC(C)=O. The second-order valence-electron chi connectivity index (χ2n) is 13.7. The molecule has 16 nitrogen and oxygen atoms in total. The Morgan fingerprint density at radius 3 is 1.59 bits per heavy atom. The highest BCUT2D eigenvalue weighted by molar-refractivity contribution is 5.67. The number of nitrogens with one attached hydrogen (secondary N) is 1. The molecule has 3 aromatic carbocycles.